The predicted octanol–water partition coefficient (Wildman–Crippen LogP) is 2.18. The van der Waals surface area contributed by atoms with Crippen molar-refractivity contribution in [1.29, 1.82) is 0 Å². The summed E-state index contributed by atoms with van der Waals surface area (Å²) in [7, 11) is 4.01. The first-order valence-electron chi connectivity index (χ1n) is 9.00. The molecule has 5 heteroatoms. The van der Waals surface area contributed by atoms with Gasteiger partial charge in [-0.1, -0.05) is 6.58 Å². The quantitative estimate of drug-likeness (QED) is 0.789. The zero-order valence-corrected chi connectivity index (χ0v) is 15.2. The standard InChI is InChI=1S/C20H27N3O2/c1-4-19(24)23-10-5-6-16-12-17(7-8-18(16)23)20(25)22(3)14-15-9-11-21(2)13-15/h4,7-8,12,15H,1,5-6,9-11,13-14H2,2-3H3. The van der Waals surface area contributed by atoms with E-state index >= 15 is 0 Å². The number of aryl methyl sites for hydroxylation is 1. The third-order valence-electron chi connectivity index (χ3n) is 5.25. The number of amides is 2. The van der Waals surface area contributed by atoms with Crippen LogP contribution in [0, 0.1) is 5.92 Å². The molecule has 25 heavy (non-hydrogen) atoms. The Bertz CT molecular complexity index is 686. The van der Waals surface area contributed by atoms with E-state index in [1.807, 2.05) is 30.1 Å². The summed E-state index contributed by atoms with van der Waals surface area (Å²) in [5.74, 6) is 0.532. The number of likely N-dealkylation sites (tertiary alicyclic amines) is 1. The molecule has 1 fully saturated rings. The summed E-state index contributed by atoms with van der Waals surface area (Å²) in [6.07, 6.45) is 4.31. The lowest BCUT2D eigenvalue weighted by atomic mass is 9.98. The number of anilines is 1. The van der Waals surface area contributed by atoms with Gasteiger partial charge in [-0.3, -0.25) is 9.59 Å². The summed E-state index contributed by atoms with van der Waals surface area (Å²) in [6, 6.07) is 5.70. The van der Waals surface area contributed by atoms with Gasteiger partial charge in [0.15, 0.2) is 0 Å². The lowest BCUT2D eigenvalue weighted by Crippen LogP contribution is -2.35. The van der Waals surface area contributed by atoms with Gasteiger partial charge in [0, 0.05) is 37.9 Å². The van der Waals surface area contributed by atoms with Crippen LogP contribution in [0.25, 0.3) is 0 Å². The normalized spacial score (nSPS) is 20.2. The number of nitrogens with zero attached hydrogens (tertiary/aromatic N) is 3. The maximum absolute atomic E-state index is 12.8. The second-order valence-corrected chi connectivity index (χ2v) is 7.24. The minimum Gasteiger partial charge on any atom is -0.341 e. The number of hydrogen-bond donors (Lipinski definition) is 0. The van der Waals surface area contributed by atoms with Gasteiger partial charge in [-0.05, 0) is 68.6 Å². The van der Waals surface area contributed by atoms with Gasteiger partial charge in [0.1, 0.15) is 0 Å². The van der Waals surface area contributed by atoms with Gasteiger partial charge in [0.25, 0.3) is 5.91 Å². The molecule has 0 bridgehead atoms. The first-order valence-corrected chi connectivity index (χ1v) is 9.00. The monoisotopic (exact) mass is 341 g/mol. The summed E-state index contributed by atoms with van der Waals surface area (Å²) in [4.78, 5) is 30.7. The van der Waals surface area contributed by atoms with Crippen molar-refractivity contribution in [3.63, 3.8) is 0 Å². The van der Waals surface area contributed by atoms with Gasteiger partial charge < -0.3 is 14.7 Å². The molecule has 2 aliphatic rings. The van der Waals surface area contributed by atoms with E-state index in [4.69, 9.17) is 0 Å². The van der Waals surface area contributed by atoms with E-state index in [2.05, 4.69) is 18.5 Å². The predicted molar refractivity (Wildman–Crippen MR) is 99.9 cm³/mol. The van der Waals surface area contributed by atoms with Crippen molar-refractivity contribution in [3.8, 4) is 0 Å². The Labute approximate surface area is 149 Å². The van der Waals surface area contributed by atoms with Crippen LogP contribution in [0.2, 0.25) is 0 Å². The van der Waals surface area contributed by atoms with Crippen molar-refractivity contribution in [1.82, 2.24) is 9.80 Å². The molecule has 1 atom stereocenters. The molecule has 1 aromatic carbocycles. The van der Waals surface area contributed by atoms with E-state index in [9.17, 15) is 9.59 Å². The molecular formula is C20H27N3O2. The van der Waals surface area contributed by atoms with E-state index < -0.39 is 0 Å². The molecule has 2 amide bonds. The molecule has 2 aliphatic heterocycles. The zero-order chi connectivity index (χ0) is 18.0. The van der Waals surface area contributed by atoms with E-state index in [0.717, 1.165) is 50.1 Å². The van der Waals surface area contributed by atoms with E-state index in [1.54, 1.807) is 4.90 Å². The highest BCUT2D eigenvalue weighted by molar-refractivity contribution is 6.02. The molecule has 0 radical (unpaired) electrons. The lowest BCUT2D eigenvalue weighted by molar-refractivity contribution is -0.114. The third-order valence-corrected chi connectivity index (χ3v) is 5.25. The molecule has 0 aliphatic carbocycles. The molecule has 1 aromatic rings. The highest BCUT2D eigenvalue weighted by atomic mass is 16.2. The summed E-state index contributed by atoms with van der Waals surface area (Å²) in [6.45, 7) is 7.24. The van der Waals surface area contributed by atoms with Gasteiger partial charge in [-0.2, -0.15) is 0 Å². The Morgan fingerprint density at radius 1 is 1.36 bits per heavy atom. The number of rotatable bonds is 4. The van der Waals surface area contributed by atoms with E-state index in [0.29, 0.717) is 18.0 Å². The summed E-state index contributed by atoms with van der Waals surface area (Å²) in [5, 5.41) is 0. The van der Waals surface area contributed by atoms with Crippen molar-refractivity contribution in [2.75, 3.05) is 45.2 Å². The number of hydrogen-bond acceptors (Lipinski definition) is 3. The molecule has 2 heterocycles. The fraction of sp³-hybridized carbons (Fsp3) is 0.500. The van der Waals surface area contributed by atoms with Gasteiger partial charge >= 0.3 is 0 Å². The number of carbonyl (C=O) groups excluding carboxylic acids is 2. The van der Waals surface area contributed by atoms with Crippen LogP contribution >= 0.6 is 0 Å². The first-order chi connectivity index (χ1) is 12.0. The molecule has 0 aromatic heterocycles. The van der Waals surface area contributed by atoms with E-state index in [-0.39, 0.29) is 11.8 Å². The smallest absolute Gasteiger partial charge is 0.253 e. The van der Waals surface area contributed by atoms with Crippen LogP contribution in [0.1, 0.15) is 28.8 Å². The molecule has 1 saturated heterocycles. The number of fused-ring (bicyclic) bond motifs is 1. The highest BCUT2D eigenvalue weighted by Crippen LogP contribution is 2.29. The second-order valence-electron chi connectivity index (χ2n) is 7.24. The average Bonchev–Trinajstić information content (AvgIpc) is 3.04. The Morgan fingerprint density at radius 3 is 2.84 bits per heavy atom. The van der Waals surface area contributed by atoms with Gasteiger partial charge in [-0.15, -0.1) is 0 Å². The molecule has 5 nitrogen and oxygen atoms in total. The Balaban J connectivity index is 1.73. The second kappa shape index (κ2) is 7.40. The van der Waals surface area contributed by atoms with Crippen molar-refractivity contribution >= 4 is 17.5 Å². The summed E-state index contributed by atoms with van der Waals surface area (Å²) in [5.41, 5.74) is 2.69. The molecule has 0 saturated carbocycles. The van der Waals surface area contributed by atoms with Crippen molar-refractivity contribution < 1.29 is 9.59 Å². The molecule has 1 unspecified atom stereocenters. The Kier molecular flexibility index (Phi) is 5.23. The van der Waals surface area contributed by atoms with Crippen LogP contribution in [0.15, 0.2) is 30.9 Å². The van der Waals surface area contributed by atoms with Gasteiger partial charge in [-0.25, -0.2) is 0 Å². The molecule has 0 N–H and O–H groups in total. The van der Waals surface area contributed by atoms with Crippen LogP contribution in [0.3, 0.4) is 0 Å². The maximum atomic E-state index is 12.8. The highest BCUT2D eigenvalue weighted by Gasteiger charge is 2.25. The van der Waals surface area contributed by atoms with Crippen molar-refractivity contribution in [2.24, 2.45) is 5.92 Å². The van der Waals surface area contributed by atoms with E-state index in [1.165, 1.54) is 6.08 Å². The van der Waals surface area contributed by atoms with Crippen LogP contribution < -0.4 is 4.90 Å². The fourth-order valence-electron chi connectivity index (χ4n) is 3.94. The Morgan fingerprint density at radius 2 is 2.16 bits per heavy atom. The van der Waals surface area contributed by atoms with Gasteiger partial charge in [0.05, 0.1) is 0 Å². The number of carbonyl (C=O) groups is 2. The average molecular weight is 341 g/mol. The number of benzene rings is 1. The van der Waals surface area contributed by atoms with Crippen molar-refractivity contribution in [3.05, 3.63) is 42.0 Å². The first kappa shape index (κ1) is 17.7. The molecule has 0 spiro atoms. The van der Waals surface area contributed by atoms with Crippen LogP contribution in [0.4, 0.5) is 5.69 Å². The fourth-order valence-corrected chi connectivity index (χ4v) is 3.94. The molecular weight excluding hydrogens is 314 g/mol. The Hall–Kier alpha value is -2.14. The topological polar surface area (TPSA) is 43.9 Å². The largest absolute Gasteiger partial charge is 0.341 e. The zero-order valence-electron chi connectivity index (χ0n) is 15.2. The lowest BCUT2D eigenvalue weighted by Gasteiger charge is -2.29. The minimum atomic E-state index is -0.0810. The van der Waals surface area contributed by atoms with Crippen LogP contribution in [-0.4, -0.2) is 61.9 Å². The SMILES string of the molecule is C=CC(=O)N1CCCc2cc(C(=O)N(C)CC3CCN(C)C3)ccc21. The van der Waals surface area contributed by atoms with Crippen molar-refractivity contribution in [2.45, 2.75) is 19.3 Å². The van der Waals surface area contributed by atoms with Crippen LogP contribution in [-0.2, 0) is 11.2 Å². The van der Waals surface area contributed by atoms with Gasteiger partial charge in [0.2, 0.25) is 5.91 Å². The summed E-state index contributed by atoms with van der Waals surface area (Å²) < 4.78 is 0. The summed E-state index contributed by atoms with van der Waals surface area (Å²) >= 11 is 0. The molecule has 134 valence electrons. The maximum Gasteiger partial charge on any atom is 0.253 e. The minimum absolute atomic E-state index is 0.0597. The third kappa shape index (κ3) is 3.76. The van der Waals surface area contributed by atoms with Crippen LogP contribution in [0.5, 0.6) is 0 Å². The molecule has 3 rings (SSSR count).